The number of nitriles is 1. The summed E-state index contributed by atoms with van der Waals surface area (Å²) in [5.74, 6) is -1.18. The van der Waals surface area contributed by atoms with E-state index in [0.29, 0.717) is 0 Å². The summed E-state index contributed by atoms with van der Waals surface area (Å²) in [6.45, 7) is 2.03. The van der Waals surface area contributed by atoms with Gasteiger partial charge in [-0.1, -0.05) is 6.92 Å². The first-order valence-corrected chi connectivity index (χ1v) is 4.92. The van der Waals surface area contributed by atoms with Crippen LogP contribution in [0.3, 0.4) is 0 Å². The molecule has 0 bridgehead atoms. The quantitative estimate of drug-likeness (QED) is 0.611. The van der Waals surface area contributed by atoms with Crippen molar-refractivity contribution in [2.45, 2.75) is 13.3 Å². The van der Waals surface area contributed by atoms with Gasteiger partial charge in [-0.3, -0.25) is 0 Å². The Morgan fingerprint density at radius 2 is 2.43 bits per heavy atom. The SMILES string of the molecule is CCc1ccc(/C=C(/C#N)C(=O)O)s1. The Balaban J connectivity index is 2.96. The molecule has 0 aliphatic carbocycles. The minimum Gasteiger partial charge on any atom is -0.477 e. The molecular formula is C10H9NO2S. The standard InChI is InChI=1S/C10H9NO2S/c1-2-8-3-4-9(14-8)5-7(6-11)10(12)13/h3-5H,2H2,1H3,(H,12,13)/b7-5-. The van der Waals surface area contributed by atoms with Gasteiger partial charge in [0.25, 0.3) is 0 Å². The zero-order valence-corrected chi connectivity index (χ0v) is 8.47. The highest BCUT2D eigenvalue weighted by atomic mass is 32.1. The molecule has 0 fully saturated rings. The molecule has 1 rings (SSSR count). The van der Waals surface area contributed by atoms with Gasteiger partial charge in [0.1, 0.15) is 11.6 Å². The molecule has 3 nitrogen and oxygen atoms in total. The van der Waals surface area contributed by atoms with E-state index in [9.17, 15) is 4.79 Å². The predicted octanol–water partition coefficient (Wildman–Crippen LogP) is 2.30. The lowest BCUT2D eigenvalue weighted by Crippen LogP contribution is -1.96. The Morgan fingerprint density at radius 3 is 2.86 bits per heavy atom. The predicted molar refractivity (Wildman–Crippen MR) is 54.9 cm³/mol. The zero-order chi connectivity index (χ0) is 10.6. The molecule has 0 unspecified atom stereocenters. The van der Waals surface area contributed by atoms with E-state index in [0.717, 1.165) is 11.3 Å². The van der Waals surface area contributed by atoms with Crippen LogP contribution in [-0.2, 0) is 11.2 Å². The van der Waals surface area contributed by atoms with Gasteiger partial charge in [0.05, 0.1) is 0 Å². The van der Waals surface area contributed by atoms with Crippen LogP contribution in [0, 0.1) is 11.3 Å². The van der Waals surface area contributed by atoms with Crippen LogP contribution in [-0.4, -0.2) is 11.1 Å². The summed E-state index contributed by atoms with van der Waals surface area (Å²) in [5.41, 5.74) is -0.227. The Labute approximate surface area is 85.9 Å². The maximum atomic E-state index is 10.5. The van der Waals surface area contributed by atoms with E-state index >= 15 is 0 Å². The molecule has 0 aliphatic rings. The molecule has 0 saturated carbocycles. The third-order valence-electron chi connectivity index (χ3n) is 1.67. The van der Waals surface area contributed by atoms with E-state index in [4.69, 9.17) is 10.4 Å². The summed E-state index contributed by atoms with van der Waals surface area (Å²) in [7, 11) is 0. The number of carboxylic acid groups (broad SMARTS) is 1. The lowest BCUT2D eigenvalue weighted by atomic mass is 10.2. The average molecular weight is 207 g/mol. The van der Waals surface area contributed by atoms with E-state index in [-0.39, 0.29) is 5.57 Å². The summed E-state index contributed by atoms with van der Waals surface area (Å²) < 4.78 is 0. The smallest absolute Gasteiger partial charge is 0.346 e. The van der Waals surface area contributed by atoms with Crippen molar-refractivity contribution in [2.75, 3.05) is 0 Å². The molecule has 0 atom stereocenters. The second-order valence-corrected chi connectivity index (χ2v) is 3.83. The van der Waals surface area contributed by atoms with Gasteiger partial charge in [-0.25, -0.2) is 4.79 Å². The molecule has 0 saturated heterocycles. The third kappa shape index (κ3) is 2.44. The van der Waals surface area contributed by atoms with Crippen LogP contribution in [0.15, 0.2) is 17.7 Å². The minimum atomic E-state index is -1.18. The summed E-state index contributed by atoms with van der Waals surface area (Å²) >= 11 is 1.50. The van der Waals surface area contributed by atoms with Crippen molar-refractivity contribution in [3.63, 3.8) is 0 Å². The number of nitrogens with zero attached hydrogens (tertiary/aromatic N) is 1. The number of carboxylic acids is 1. The second-order valence-electron chi connectivity index (χ2n) is 2.63. The van der Waals surface area contributed by atoms with E-state index in [2.05, 4.69) is 0 Å². The first-order valence-electron chi connectivity index (χ1n) is 4.11. The molecule has 0 amide bonds. The number of aliphatic carboxylic acids is 1. The van der Waals surface area contributed by atoms with Gasteiger partial charge in [-0.2, -0.15) is 5.26 Å². The summed E-state index contributed by atoms with van der Waals surface area (Å²) in [6, 6.07) is 5.41. The fourth-order valence-corrected chi connectivity index (χ4v) is 1.84. The Morgan fingerprint density at radius 1 is 1.71 bits per heavy atom. The fraction of sp³-hybridized carbons (Fsp3) is 0.200. The van der Waals surface area contributed by atoms with Crippen LogP contribution in [0.1, 0.15) is 16.7 Å². The van der Waals surface area contributed by atoms with Gasteiger partial charge in [-0.05, 0) is 24.6 Å². The molecular weight excluding hydrogens is 198 g/mol. The van der Waals surface area contributed by atoms with Crippen molar-refractivity contribution in [3.8, 4) is 6.07 Å². The highest BCUT2D eigenvalue weighted by Gasteiger charge is 2.06. The lowest BCUT2D eigenvalue weighted by Gasteiger charge is -1.88. The van der Waals surface area contributed by atoms with Crippen LogP contribution in [0.25, 0.3) is 6.08 Å². The maximum Gasteiger partial charge on any atom is 0.346 e. The minimum absolute atomic E-state index is 0.227. The van der Waals surface area contributed by atoms with Gasteiger partial charge >= 0.3 is 5.97 Å². The molecule has 1 aromatic heterocycles. The van der Waals surface area contributed by atoms with Gasteiger partial charge in [0.15, 0.2) is 0 Å². The average Bonchev–Trinajstić information content (AvgIpc) is 2.61. The second kappa shape index (κ2) is 4.58. The van der Waals surface area contributed by atoms with Crippen molar-refractivity contribution in [2.24, 2.45) is 0 Å². The van der Waals surface area contributed by atoms with E-state index in [1.807, 2.05) is 19.1 Å². The Bertz CT molecular complexity index is 412. The highest BCUT2D eigenvalue weighted by Crippen LogP contribution is 2.19. The number of rotatable bonds is 3. The lowest BCUT2D eigenvalue weighted by molar-refractivity contribution is -0.132. The molecule has 0 radical (unpaired) electrons. The number of carbonyl (C=O) groups is 1. The Hall–Kier alpha value is -1.60. The Kier molecular flexibility index (Phi) is 3.43. The molecule has 4 heteroatoms. The number of aryl methyl sites for hydroxylation is 1. The number of thiophene rings is 1. The normalized spacial score (nSPS) is 11.0. The third-order valence-corrected chi connectivity index (χ3v) is 2.84. The summed E-state index contributed by atoms with van der Waals surface area (Å²) in [4.78, 5) is 12.5. The topological polar surface area (TPSA) is 61.1 Å². The van der Waals surface area contributed by atoms with Crippen molar-refractivity contribution in [1.29, 1.82) is 5.26 Å². The first kappa shape index (κ1) is 10.5. The highest BCUT2D eigenvalue weighted by molar-refractivity contribution is 7.12. The van der Waals surface area contributed by atoms with Crippen molar-refractivity contribution < 1.29 is 9.90 Å². The van der Waals surface area contributed by atoms with Crippen LogP contribution in [0.4, 0.5) is 0 Å². The van der Waals surface area contributed by atoms with Crippen molar-refractivity contribution >= 4 is 23.4 Å². The molecule has 0 aliphatic heterocycles. The van der Waals surface area contributed by atoms with Crippen molar-refractivity contribution in [1.82, 2.24) is 0 Å². The molecule has 1 aromatic rings. The van der Waals surface area contributed by atoms with Crippen LogP contribution < -0.4 is 0 Å². The van der Waals surface area contributed by atoms with E-state index in [1.54, 1.807) is 6.07 Å². The fourth-order valence-electron chi connectivity index (χ4n) is 0.946. The number of hydrogen-bond acceptors (Lipinski definition) is 3. The van der Waals surface area contributed by atoms with E-state index < -0.39 is 5.97 Å². The van der Waals surface area contributed by atoms with Gasteiger partial charge in [-0.15, -0.1) is 11.3 Å². The monoisotopic (exact) mass is 207 g/mol. The number of hydrogen-bond donors (Lipinski definition) is 1. The van der Waals surface area contributed by atoms with Gasteiger partial charge in [0, 0.05) is 9.75 Å². The van der Waals surface area contributed by atoms with Crippen LogP contribution in [0.2, 0.25) is 0 Å². The van der Waals surface area contributed by atoms with Gasteiger partial charge < -0.3 is 5.11 Å². The molecule has 72 valence electrons. The molecule has 0 aromatic carbocycles. The molecule has 1 heterocycles. The van der Waals surface area contributed by atoms with Crippen LogP contribution >= 0.6 is 11.3 Å². The van der Waals surface area contributed by atoms with Gasteiger partial charge in [0.2, 0.25) is 0 Å². The van der Waals surface area contributed by atoms with Crippen LogP contribution in [0.5, 0.6) is 0 Å². The van der Waals surface area contributed by atoms with Crippen molar-refractivity contribution in [3.05, 3.63) is 27.5 Å². The molecule has 0 spiro atoms. The molecule has 1 N–H and O–H groups in total. The summed E-state index contributed by atoms with van der Waals surface area (Å²) in [6.07, 6.45) is 2.32. The first-order chi connectivity index (χ1) is 6.67. The molecule has 14 heavy (non-hydrogen) atoms. The largest absolute Gasteiger partial charge is 0.477 e. The zero-order valence-electron chi connectivity index (χ0n) is 7.65. The summed E-state index contributed by atoms with van der Waals surface area (Å²) in [5, 5.41) is 17.1. The maximum absolute atomic E-state index is 10.5. The van der Waals surface area contributed by atoms with E-state index in [1.165, 1.54) is 22.3 Å².